The molecule has 6 nitrogen and oxygen atoms in total. The van der Waals surface area contributed by atoms with Crippen LogP contribution in [0.3, 0.4) is 0 Å². The SMILES string of the molecule is CCCCCCOc1cc(OCCCCCC)c(OCCCCCC)c(C=CC(=O)OC(C)C)c1OCCCCCC. The van der Waals surface area contributed by atoms with Crippen LogP contribution in [0.2, 0.25) is 0 Å². The molecule has 0 aliphatic heterocycles. The van der Waals surface area contributed by atoms with Crippen LogP contribution in [0.1, 0.15) is 150 Å². The quantitative estimate of drug-likeness (QED) is 0.0577. The first-order chi connectivity index (χ1) is 20.5. The second kappa shape index (κ2) is 25.2. The van der Waals surface area contributed by atoms with Gasteiger partial charge in [0.2, 0.25) is 0 Å². The van der Waals surface area contributed by atoms with E-state index in [1.807, 2.05) is 19.9 Å². The van der Waals surface area contributed by atoms with Gasteiger partial charge in [-0.2, -0.15) is 0 Å². The van der Waals surface area contributed by atoms with Gasteiger partial charge in [-0.1, -0.05) is 105 Å². The van der Waals surface area contributed by atoms with E-state index in [1.165, 1.54) is 57.4 Å². The van der Waals surface area contributed by atoms with E-state index in [2.05, 4.69) is 27.7 Å². The highest BCUT2D eigenvalue weighted by Gasteiger charge is 2.22. The molecule has 0 bridgehead atoms. The predicted octanol–water partition coefficient (Wildman–Crippen LogP) is 10.5. The molecule has 0 saturated heterocycles. The van der Waals surface area contributed by atoms with Gasteiger partial charge < -0.3 is 23.7 Å². The van der Waals surface area contributed by atoms with Gasteiger partial charge in [0.15, 0.2) is 23.0 Å². The molecular weight excluding hydrogens is 528 g/mol. The molecule has 0 N–H and O–H groups in total. The van der Waals surface area contributed by atoms with E-state index in [4.69, 9.17) is 23.7 Å². The summed E-state index contributed by atoms with van der Waals surface area (Å²) in [5.41, 5.74) is 0.677. The predicted molar refractivity (Wildman–Crippen MR) is 175 cm³/mol. The maximum Gasteiger partial charge on any atom is 0.331 e. The van der Waals surface area contributed by atoms with Crippen LogP contribution < -0.4 is 18.9 Å². The highest BCUT2D eigenvalue weighted by Crippen LogP contribution is 2.46. The molecule has 6 heteroatoms. The first kappa shape index (κ1) is 37.7. The lowest BCUT2D eigenvalue weighted by Gasteiger charge is -2.22. The van der Waals surface area contributed by atoms with Crippen molar-refractivity contribution < 1.29 is 28.5 Å². The van der Waals surface area contributed by atoms with Gasteiger partial charge in [0.25, 0.3) is 0 Å². The first-order valence-corrected chi connectivity index (χ1v) is 17.1. The fourth-order valence-electron chi connectivity index (χ4n) is 4.53. The number of unbranched alkanes of at least 4 members (excludes halogenated alkanes) is 12. The first-order valence-electron chi connectivity index (χ1n) is 17.1. The number of rotatable bonds is 27. The number of ether oxygens (including phenoxy) is 5. The minimum Gasteiger partial charge on any atom is -0.490 e. The second-order valence-electron chi connectivity index (χ2n) is 11.4. The van der Waals surface area contributed by atoms with Gasteiger partial charge in [-0.15, -0.1) is 0 Å². The zero-order chi connectivity index (χ0) is 30.8. The molecule has 1 rings (SSSR count). The Labute approximate surface area is 257 Å². The average molecular weight is 591 g/mol. The summed E-state index contributed by atoms with van der Waals surface area (Å²) in [6.45, 7) is 14.8. The molecule has 0 fully saturated rings. The number of hydrogen-bond donors (Lipinski definition) is 0. The van der Waals surface area contributed by atoms with E-state index in [0.717, 1.165) is 51.4 Å². The van der Waals surface area contributed by atoms with Crippen molar-refractivity contribution in [1.29, 1.82) is 0 Å². The van der Waals surface area contributed by atoms with Crippen LogP contribution in [-0.2, 0) is 9.53 Å². The highest BCUT2D eigenvalue weighted by molar-refractivity contribution is 5.89. The summed E-state index contributed by atoms with van der Waals surface area (Å²) in [6, 6.07) is 1.94. The van der Waals surface area contributed by atoms with E-state index in [9.17, 15) is 4.79 Å². The third-order valence-electron chi connectivity index (χ3n) is 6.94. The number of esters is 1. The van der Waals surface area contributed by atoms with Gasteiger partial charge in [0.05, 0.1) is 38.1 Å². The zero-order valence-corrected chi connectivity index (χ0v) is 27.9. The van der Waals surface area contributed by atoms with Crippen LogP contribution in [0.15, 0.2) is 12.1 Å². The van der Waals surface area contributed by atoms with E-state index >= 15 is 0 Å². The largest absolute Gasteiger partial charge is 0.490 e. The molecule has 0 heterocycles. The Morgan fingerprint density at radius 2 is 0.976 bits per heavy atom. The summed E-state index contributed by atoms with van der Waals surface area (Å²) in [6.07, 6.45) is 20.7. The molecule has 0 atom stereocenters. The van der Waals surface area contributed by atoms with Crippen molar-refractivity contribution in [2.24, 2.45) is 0 Å². The summed E-state index contributed by atoms with van der Waals surface area (Å²) >= 11 is 0. The van der Waals surface area contributed by atoms with Crippen molar-refractivity contribution in [3.05, 3.63) is 17.7 Å². The number of benzene rings is 1. The third kappa shape index (κ3) is 16.9. The molecule has 1 aromatic carbocycles. The molecule has 42 heavy (non-hydrogen) atoms. The summed E-state index contributed by atoms with van der Waals surface area (Å²) in [4.78, 5) is 12.6. The fraction of sp³-hybridized carbons (Fsp3) is 0.750. The molecule has 0 aliphatic carbocycles. The van der Waals surface area contributed by atoms with E-state index < -0.39 is 5.97 Å². The summed E-state index contributed by atoms with van der Waals surface area (Å²) in [5, 5.41) is 0. The molecule has 242 valence electrons. The summed E-state index contributed by atoms with van der Waals surface area (Å²) in [7, 11) is 0. The van der Waals surface area contributed by atoms with Gasteiger partial charge in [-0.25, -0.2) is 4.79 Å². The van der Waals surface area contributed by atoms with Crippen molar-refractivity contribution in [3.63, 3.8) is 0 Å². The highest BCUT2D eigenvalue weighted by atomic mass is 16.5. The van der Waals surface area contributed by atoms with Gasteiger partial charge >= 0.3 is 5.97 Å². The molecule has 0 aromatic heterocycles. The molecule has 0 aliphatic rings. The van der Waals surface area contributed by atoms with Crippen molar-refractivity contribution in [1.82, 2.24) is 0 Å². The normalized spacial score (nSPS) is 11.3. The Kier molecular flexibility index (Phi) is 22.6. The van der Waals surface area contributed by atoms with Gasteiger partial charge in [0.1, 0.15) is 0 Å². The number of hydrogen-bond acceptors (Lipinski definition) is 6. The number of carbonyl (C=O) groups excluding carboxylic acids is 1. The average Bonchev–Trinajstić information content (AvgIpc) is 2.96. The Morgan fingerprint density at radius 3 is 1.33 bits per heavy atom. The lowest BCUT2D eigenvalue weighted by molar-refractivity contribution is -0.141. The van der Waals surface area contributed by atoms with Crippen LogP contribution in [0.4, 0.5) is 0 Å². The van der Waals surface area contributed by atoms with Crippen molar-refractivity contribution in [3.8, 4) is 23.0 Å². The summed E-state index contributed by atoms with van der Waals surface area (Å²) < 4.78 is 31.0. The van der Waals surface area contributed by atoms with Crippen molar-refractivity contribution >= 4 is 12.0 Å². The van der Waals surface area contributed by atoms with Gasteiger partial charge in [-0.05, 0) is 45.6 Å². The van der Waals surface area contributed by atoms with Crippen LogP contribution in [0, 0.1) is 0 Å². The minimum absolute atomic E-state index is 0.203. The van der Waals surface area contributed by atoms with Crippen LogP contribution in [0.25, 0.3) is 6.08 Å². The molecule has 0 unspecified atom stereocenters. The Morgan fingerprint density at radius 1 is 0.595 bits per heavy atom. The molecular formula is C36H62O6. The summed E-state index contributed by atoms with van der Waals surface area (Å²) in [5.74, 6) is 2.09. The monoisotopic (exact) mass is 590 g/mol. The number of carbonyl (C=O) groups is 1. The molecule has 0 spiro atoms. The smallest absolute Gasteiger partial charge is 0.331 e. The Hall–Kier alpha value is -2.37. The lowest BCUT2D eigenvalue weighted by Crippen LogP contribution is -2.10. The van der Waals surface area contributed by atoms with E-state index in [0.29, 0.717) is 55.0 Å². The Balaban J connectivity index is 3.50. The maximum atomic E-state index is 12.6. The van der Waals surface area contributed by atoms with Crippen LogP contribution in [0.5, 0.6) is 23.0 Å². The van der Waals surface area contributed by atoms with Crippen molar-refractivity contribution in [2.75, 3.05) is 26.4 Å². The fourth-order valence-corrected chi connectivity index (χ4v) is 4.53. The topological polar surface area (TPSA) is 63.2 Å². The van der Waals surface area contributed by atoms with Crippen LogP contribution in [-0.4, -0.2) is 38.5 Å². The zero-order valence-electron chi connectivity index (χ0n) is 27.9. The lowest BCUT2D eigenvalue weighted by atomic mass is 10.1. The molecule has 1 aromatic rings. The standard InChI is InChI=1S/C36H62O6/c1-7-11-15-19-25-38-32-29-33(39-26-20-16-12-8-2)36(41-28-22-18-14-10-4)31(23-24-34(37)42-30(5)6)35(32)40-27-21-17-13-9-3/h23-24,29-30H,7-22,25-28H2,1-6H3. The van der Waals surface area contributed by atoms with Gasteiger partial charge in [-0.3, -0.25) is 0 Å². The molecule has 0 amide bonds. The second-order valence-corrected chi connectivity index (χ2v) is 11.4. The Bertz CT molecular complexity index is 798. The van der Waals surface area contributed by atoms with E-state index in [-0.39, 0.29) is 6.10 Å². The maximum absolute atomic E-state index is 12.6. The van der Waals surface area contributed by atoms with Gasteiger partial charge in [0, 0.05) is 12.1 Å². The van der Waals surface area contributed by atoms with Crippen molar-refractivity contribution in [2.45, 2.75) is 150 Å². The van der Waals surface area contributed by atoms with Crippen LogP contribution >= 0.6 is 0 Å². The third-order valence-corrected chi connectivity index (χ3v) is 6.94. The van der Waals surface area contributed by atoms with E-state index in [1.54, 1.807) is 6.08 Å². The minimum atomic E-state index is -0.402. The molecule has 0 radical (unpaired) electrons. The molecule has 0 saturated carbocycles.